The zero-order chi connectivity index (χ0) is 21.8. The van der Waals surface area contributed by atoms with Crippen molar-refractivity contribution in [1.82, 2.24) is 15.6 Å². The number of hydrogen-bond acceptors (Lipinski definition) is 5. The van der Waals surface area contributed by atoms with Gasteiger partial charge in [-0.05, 0) is 49.1 Å². The second-order valence-corrected chi connectivity index (χ2v) is 7.16. The summed E-state index contributed by atoms with van der Waals surface area (Å²) in [5.41, 5.74) is 1.04. The van der Waals surface area contributed by atoms with Crippen molar-refractivity contribution >= 4 is 29.9 Å². The third-order valence-corrected chi connectivity index (χ3v) is 4.61. The molecule has 1 unspecified atom stereocenters. The lowest BCUT2D eigenvalue weighted by atomic mass is 10.0. The van der Waals surface area contributed by atoms with Gasteiger partial charge in [0.15, 0.2) is 5.96 Å². The van der Waals surface area contributed by atoms with Gasteiger partial charge in [0.2, 0.25) is 5.88 Å². The van der Waals surface area contributed by atoms with E-state index in [1.54, 1.807) is 20.4 Å². The molecule has 1 atom stereocenters. The van der Waals surface area contributed by atoms with Crippen LogP contribution in [0.4, 0.5) is 0 Å². The lowest BCUT2D eigenvalue weighted by molar-refractivity contribution is 0.0258. The van der Waals surface area contributed by atoms with Gasteiger partial charge in [-0.15, -0.1) is 24.0 Å². The van der Waals surface area contributed by atoms with Gasteiger partial charge in [0.1, 0.15) is 11.5 Å². The largest absolute Gasteiger partial charge is 0.497 e. The van der Waals surface area contributed by atoms with Crippen molar-refractivity contribution in [3.8, 4) is 17.4 Å². The molecule has 0 aliphatic heterocycles. The number of ether oxygens (including phenoxy) is 3. The fourth-order valence-electron chi connectivity index (χ4n) is 2.90. The molecule has 1 aromatic carbocycles. The fourth-order valence-corrected chi connectivity index (χ4v) is 2.90. The van der Waals surface area contributed by atoms with Crippen LogP contribution >= 0.6 is 24.0 Å². The topological polar surface area (TPSA) is 77.0 Å². The monoisotopic (exact) mass is 542 g/mol. The predicted molar refractivity (Wildman–Crippen MR) is 136 cm³/mol. The summed E-state index contributed by atoms with van der Waals surface area (Å²) in [6, 6.07) is 11.2. The highest BCUT2D eigenvalue weighted by Crippen LogP contribution is 2.22. The van der Waals surface area contributed by atoms with Crippen LogP contribution in [0.15, 0.2) is 47.6 Å². The third kappa shape index (κ3) is 9.73. The summed E-state index contributed by atoms with van der Waals surface area (Å²) in [5, 5.41) is 6.65. The molecule has 0 radical (unpaired) electrons. The molecule has 172 valence electrons. The van der Waals surface area contributed by atoms with E-state index in [4.69, 9.17) is 14.2 Å². The number of nitrogens with zero attached hydrogens (tertiary/aromatic N) is 2. The van der Waals surface area contributed by atoms with Crippen LogP contribution in [-0.2, 0) is 11.3 Å². The van der Waals surface area contributed by atoms with E-state index in [1.807, 2.05) is 43.3 Å². The average molecular weight is 542 g/mol. The normalized spacial score (nSPS) is 12.1. The number of aliphatic imine (C=N–C) groups is 1. The highest BCUT2D eigenvalue weighted by molar-refractivity contribution is 14.0. The Morgan fingerprint density at radius 3 is 2.32 bits per heavy atom. The Kier molecular flexibility index (Phi) is 12.9. The fraction of sp³-hybridized carbons (Fsp3) is 0.478. The van der Waals surface area contributed by atoms with Crippen LogP contribution in [0, 0.1) is 5.92 Å². The lowest BCUT2D eigenvalue weighted by Crippen LogP contribution is -2.38. The summed E-state index contributed by atoms with van der Waals surface area (Å²) in [4.78, 5) is 8.65. The molecule has 8 heteroatoms. The van der Waals surface area contributed by atoms with Gasteiger partial charge in [-0.2, -0.15) is 0 Å². The predicted octanol–water partition coefficient (Wildman–Crippen LogP) is 4.62. The second-order valence-electron chi connectivity index (χ2n) is 7.16. The molecule has 0 amide bonds. The van der Waals surface area contributed by atoms with Gasteiger partial charge in [-0.25, -0.2) is 4.98 Å². The van der Waals surface area contributed by atoms with E-state index >= 15 is 0 Å². The summed E-state index contributed by atoms with van der Waals surface area (Å²) in [5.74, 6) is 3.29. The molecule has 31 heavy (non-hydrogen) atoms. The van der Waals surface area contributed by atoms with Crippen LogP contribution in [0.2, 0.25) is 0 Å². The van der Waals surface area contributed by atoms with E-state index in [1.165, 1.54) is 0 Å². The molecule has 2 aromatic rings. The first kappa shape index (κ1) is 27.0. The standard InChI is InChI=1S/C23H34N4O3.HI/c1-6-29-21(17(2)3)13-14-25-23(24-4)27-16-18-7-12-22(26-15-18)30-20-10-8-19(28-5)9-11-20;/h7-12,15,17,21H,6,13-14,16H2,1-5H3,(H2,24,25,27);1H. The first-order valence-electron chi connectivity index (χ1n) is 10.4. The summed E-state index contributed by atoms with van der Waals surface area (Å²) >= 11 is 0. The summed E-state index contributed by atoms with van der Waals surface area (Å²) in [7, 11) is 3.40. The Hall–Kier alpha value is -2.07. The smallest absolute Gasteiger partial charge is 0.219 e. The Morgan fingerprint density at radius 2 is 1.77 bits per heavy atom. The minimum atomic E-state index is 0. The maximum Gasteiger partial charge on any atom is 0.219 e. The molecule has 2 N–H and O–H groups in total. The highest BCUT2D eigenvalue weighted by atomic mass is 127. The third-order valence-electron chi connectivity index (χ3n) is 4.61. The molecular formula is C23H35IN4O3. The first-order valence-corrected chi connectivity index (χ1v) is 10.4. The Labute approximate surface area is 203 Å². The lowest BCUT2D eigenvalue weighted by Gasteiger charge is -2.21. The second kappa shape index (κ2) is 14.9. The molecule has 0 fully saturated rings. The molecule has 7 nitrogen and oxygen atoms in total. The van der Waals surface area contributed by atoms with Gasteiger partial charge in [-0.1, -0.05) is 19.9 Å². The van der Waals surface area contributed by atoms with Crippen molar-refractivity contribution in [2.75, 3.05) is 27.3 Å². The highest BCUT2D eigenvalue weighted by Gasteiger charge is 2.13. The molecule has 0 spiro atoms. The van der Waals surface area contributed by atoms with Gasteiger partial charge in [0, 0.05) is 39.0 Å². The van der Waals surface area contributed by atoms with E-state index in [0.29, 0.717) is 24.1 Å². The quantitative estimate of drug-likeness (QED) is 0.245. The first-order chi connectivity index (χ1) is 14.5. The molecule has 0 bridgehead atoms. The summed E-state index contributed by atoms with van der Waals surface area (Å²) in [6.45, 7) is 8.56. The van der Waals surface area contributed by atoms with E-state index in [9.17, 15) is 0 Å². The van der Waals surface area contributed by atoms with Crippen molar-refractivity contribution in [1.29, 1.82) is 0 Å². The van der Waals surface area contributed by atoms with Crippen LogP contribution in [0.1, 0.15) is 32.8 Å². The molecule has 0 aliphatic carbocycles. The Bertz CT molecular complexity index is 767. The number of halogens is 1. The van der Waals surface area contributed by atoms with E-state index < -0.39 is 0 Å². The summed E-state index contributed by atoms with van der Waals surface area (Å²) < 4.78 is 16.7. The maximum absolute atomic E-state index is 5.79. The van der Waals surface area contributed by atoms with Crippen molar-refractivity contribution in [3.05, 3.63) is 48.2 Å². The minimum absolute atomic E-state index is 0. The Morgan fingerprint density at radius 1 is 1.06 bits per heavy atom. The van der Waals surface area contributed by atoms with E-state index in [0.717, 1.165) is 36.8 Å². The number of benzene rings is 1. The number of pyridine rings is 1. The van der Waals surface area contributed by atoms with E-state index in [2.05, 4.69) is 34.5 Å². The number of hydrogen-bond donors (Lipinski definition) is 2. The molecule has 2 rings (SSSR count). The number of nitrogens with one attached hydrogen (secondary N) is 2. The van der Waals surface area contributed by atoms with Gasteiger partial charge in [0.25, 0.3) is 0 Å². The molecule has 0 saturated heterocycles. The number of guanidine groups is 1. The van der Waals surface area contributed by atoms with Gasteiger partial charge in [0.05, 0.1) is 13.2 Å². The van der Waals surface area contributed by atoms with Crippen LogP contribution in [-0.4, -0.2) is 44.4 Å². The SMILES string of the molecule is CCOC(CCNC(=NC)NCc1ccc(Oc2ccc(OC)cc2)nc1)C(C)C.I. The molecule has 0 aliphatic rings. The van der Waals surface area contributed by atoms with Crippen molar-refractivity contribution in [2.45, 2.75) is 39.8 Å². The van der Waals surface area contributed by atoms with Crippen LogP contribution < -0.4 is 20.1 Å². The Balaban J connectivity index is 0.00000480. The van der Waals surface area contributed by atoms with Crippen molar-refractivity contribution < 1.29 is 14.2 Å². The minimum Gasteiger partial charge on any atom is -0.497 e. The average Bonchev–Trinajstić information content (AvgIpc) is 2.76. The number of rotatable bonds is 11. The van der Waals surface area contributed by atoms with Crippen LogP contribution in [0.5, 0.6) is 17.4 Å². The zero-order valence-electron chi connectivity index (χ0n) is 19.1. The van der Waals surface area contributed by atoms with Crippen molar-refractivity contribution in [3.63, 3.8) is 0 Å². The van der Waals surface area contributed by atoms with Gasteiger partial charge >= 0.3 is 0 Å². The molecule has 1 heterocycles. The summed E-state index contributed by atoms with van der Waals surface area (Å²) in [6.07, 6.45) is 2.98. The van der Waals surface area contributed by atoms with Gasteiger partial charge in [-0.3, -0.25) is 4.99 Å². The van der Waals surface area contributed by atoms with Crippen LogP contribution in [0.25, 0.3) is 0 Å². The molecular weight excluding hydrogens is 507 g/mol. The van der Waals surface area contributed by atoms with E-state index in [-0.39, 0.29) is 30.1 Å². The molecule has 0 saturated carbocycles. The van der Waals surface area contributed by atoms with Crippen molar-refractivity contribution in [2.24, 2.45) is 10.9 Å². The molecule has 1 aromatic heterocycles. The zero-order valence-corrected chi connectivity index (χ0v) is 21.4. The maximum atomic E-state index is 5.79. The van der Waals surface area contributed by atoms with Gasteiger partial charge < -0.3 is 24.8 Å². The van der Waals surface area contributed by atoms with Crippen LogP contribution in [0.3, 0.4) is 0 Å². The number of aromatic nitrogens is 1. The number of methoxy groups -OCH3 is 1.